The number of nitrogens with zero attached hydrogens (tertiary/aromatic N) is 2. The average Bonchev–Trinajstić information content (AvgIpc) is 3.39. The Bertz CT molecular complexity index is 1210. The van der Waals surface area contributed by atoms with Crippen molar-refractivity contribution in [1.29, 1.82) is 0 Å². The van der Waals surface area contributed by atoms with E-state index in [4.69, 9.17) is 4.74 Å². The van der Waals surface area contributed by atoms with Gasteiger partial charge in [-0.1, -0.05) is 18.2 Å². The molecule has 1 aromatic carbocycles. The monoisotopic (exact) mass is 431 g/mol. The number of fused-ring (bicyclic) bond motifs is 1. The smallest absolute Gasteiger partial charge is 0.286 e. The maximum Gasteiger partial charge on any atom is 0.286 e. The highest BCUT2D eigenvalue weighted by Crippen LogP contribution is 2.20. The van der Waals surface area contributed by atoms with Gasteiger partial charge in [0, 0.05) is 43.4 Å². The summed E-state index contributed by atoms with van der Waals surface area (Å²) >= 11 is 0. The first-order valence-corrected chi connectivity index (χ1v) is 10.7. The molecule has 30 heavy (non-hydrogen) atoms. The maximum absolute atomic E-state index is 12.6. The molecule has 1 aliphatic heterocycles. The zero-order valence-corrected chi connectivity index (χ0v) is 17.0. The Morgan fingerprint density at radius 3 is 2.57 bits per heavy atom. The molecule has 0 radical (unpaired) electrons. The number of hydrogen-bond donors (Lipinski definition) is 3. The summed E-state index contributed by atoms with van der Waals surface area (Å²) in [6.45, 7) is 1.18. The van der Waals surface area contributed by atoms with Crippen LogP contribution in [0.3, 0.4) is 0 Å². The maximum atomic E-state index is 12.6. The van der Waals surface area contributed by atoms with Gasteiger partial charge in [-0.15, -0.1) is 0 Å². The molecule has 3 aromatic rings. The molecular formula is C19H21N5O5S. The number of carbonyl (C=O) groups is 2. The molecule has 11 heteroatoms. The van der Waals surface area contributed by atoms with Crippen molar-refractivity contribution in [2.75, 3.05) is 26.3 Å². The quantitative estimate of drug-likeness (QED) is 0.522. The minimum absolute atomic E-state index is 0.0139. The number of nitrogens with one attached hydrogen (secondary N) is 3. The molecule has 0 unspecified atom stereocenters. The third kappa shape index (κ3) is 3.70. The number of amides is 2. The van der Waals surface area contributed by atoms with Crippen molar-refractivity contribution in [3.05, 3.63) is 54.0 Å². The first-order valence-electron chi connectivity index (χ1n) is 9.29. The Kier molecular flexibility index (Phi) is 5.33. The number of hydrazine groups is 1. The number of aromatic amines is 1. The molecule has 10 nitrogen and oxygen atoms in total. The van der Waals surface area contributed by atoms with Crippen molar-refractivity contribution in [3.8, 4) is 0 Å². The summed E-state index contributed by atoms with van der Waals surface area (Å²) < 4.78 is 33.6. The van der Waals surface area contributed by atoms with E-state index in [2.05, 4.69) is 15.8 Å². The van der Waals surface area contributed by atoms with E-state index < -0.39 is 21.8 Å². The van der Waals surface area contributed by atoms with Crippen LogP contribution in [0.1, 0.15) is 20.8 Å². The number of morpholine rings is 1. The van der Waals surface area contributed by atoms with Gasteiger partial charge in [0.25, 0.3) is 11.8 Å². The second-order valence-corrected chi connectivity index (χ2v) is 8.78. The highest BCUT2D eigenvalue weighted by molar-refractivity contribution is 7.89. The SMILES string of the molecule is Cn1cc(C(=O)NNC(=O)c2cc(S(=O)(=O)N3CCOCC3)c[nH]2)c2ccccc21. The average molecular weight is 431 g/mol. The Hall–Kier alpha value is -3.15. The van der Waals surface area contributed by atoms with Gasteiger partial charge >= 0.3 is 0 Å². The highest BCUT2D eigenvalue weighted by Gasteiger charge is 2.28. The molecule has 0 bridgehead atoms. The van der Waals surface area contributed by atoms with Crippen LogP contribution in [0, 0.1) is 0 Å². The molecule has 1 aliphatic rings. The Labute approximate surface area is 172 Å². The number of hydrogen-bond acceptors (Lipinski definition) is 5. The summed E-state index contributed by atoms with van der Waals surface area (Å²) in [4.78, 5) is 27.5. The van der Waals surface area contributed by atoms with E-state index in [0.29, 0.717) is 18.8 Å². The second-order valence-electron chi connectivity index (χ2n) is 6.84. The molecule has 158 valence electrons. The summed E-state index contributed by atoms with van der Waals surface area (Å²) in [6, 6.07) is 8.65. The lowest BCUT2D eigenvalue weighted by atomic mass is 10.2. The zero-order valence-electron chi connectivity index (χ0n) is 16.2. The molecule has 2 amide bonds. The number of H-pyrrole nitrogens is 1. The Balaban J connectivity index is 1.44. The standard InChI is InChI=1S/C19H21N5O5S/c1-23-12-15(14-4-2-3-5-17(14)23)18(25)21-22-19(26)16-10-13(11-20-16)30(27,28)24-6-8-29-9-7-24/h2-5,10-12,20H,6-9H2,1H3,(H,21,25)(H,22,26). The fourth-order valence-electron chi connectivity index (χ4n) is 3.36. The van der Waals surface area contributed by atoms with Gasteiger partial charge in [-0.3, -0.25) is 20.4 Å². The van der Waals surface area contributed by atoms with Gasteiger partial charge in [0.2, 0.25) is 10.0 Å². The number of rotatable bonds is 4. The normalized spacial score (nSPS) is 15.2. The van der Waals surface area contributed by atoms with Crippen molar-refractivity contribution in [2.24, 2.45) is 7.05 Å². The topological polar surface area (TPSA) is 126 Å². The largest absolute Gasteiger partial charge is 0.379 e. The predicted molar refractivity (Wildman–Crippen MR) is 108 cm³/mol. The minimum Gasteiger partial charge on any atom is -0.379 e. The minimum atomic E-state index is -3.72. The summed E-state index contributed by atoms with van der Waals surface area (Å²) in [6.07, 6.45) is 2.93. The van der Waals surface area contributed by atoms with Crippen LogP contribution in [0.15, 0.2) is 47.6 Å². The van der Waals surface area contributed by atoms with Gasteiger partial charge in [0.05, 0.1) is 18.8 Å². The van der Waals surface area contributed by atoms with Crippen LogP contribution in [0.4, 0.5) is 0 Å². The van der Waals surface area contributed by atoms with E-state index >= 15 is 0 Å². The van der Waals surface area contributed by atoms with E-state index in [-0.39, 0.29) is 23.7 Å². The summed E-state index contributed by atoms with van der Waals surface area (Å²) in [5, 5.41) is 0.755. The van der Waals surface area contributed by atoms with E-state index in [1.807, 2.05) is 35.9 Å². The summed E-state index contributed by atoms with van der Waals surface area (Å²) in [5.74, 6) is -1.14. The van der Waals surface area contributed by atoms with Crippen molar-refractivity contribution >= 4 is 32.7 Å². The van der Waals surface area contributed by atoms with Crippen LogP contribution in [0.5, 0.6) is 0 Å². The third-order valence-corrected chi connectivity index (χ3v) is 6.82. The lowest BCUT2D eigenvalue weighted by Crippen LogP contribution is -2.41. The molecule has 0 spiro atoms. The Morgan fingerprint density at radius 1 is 1.10 bits per heavy atom. The van der Waals surface area contributed by atoms with Gasteiger partial charge in [-0.25, -0.2) is 8.42 Å². The fraction of sp³-hybridized carbons (Fsp3) is 0.263. The second kappa shape index (κ2) is 7.94. The van der Waals surface area contributed by atoms with Gasteiger partial charge in [-0.05, 0) is 12.1 Å². The van der Waals surface area contributed by atoms with Crippen LogP contribution >= 0.6 is 0 Å². The van der Waals surface area contributed by atoms with Crippen LogP contribution in [-0.2, 0) is 21.8 Å². The van der Waals surface area contributed by atoms with Crippen LogP contribution < -0.4 is 10.9 Å². The lowest BCUT2D eigenvalue weighted by molar-refractivity contribution is 0.0730. The van der Waals surface area contributed by atoms with Gasteiger partial charge in [0.15, 0.2) is 0 Å². The van der Waals surface area contributed by atoms with Crippen molar-refractivity contribution in [3.63, 3.8) is 0 Å². The fourth-order valence-corrected chi connectivity index (χ4v) is 4.76. The van der Waals surface area contributed by atoms with Crippen molar-refractivity contribution in [2.45, 2.75) is 4.90 Å². The number of sulfonamides is 1. The van der Waals surface area contributed by atoms with Crippen LogP contribution in [-0.4, -0.2) is 60.4 Å². The third-order valence-electron chi connectivity index (χ3n) is 4.94. The molecule has 3 heterocycles. The molecule has 0 saturated carbocycles. The van der Waals surface area contributed by atoms with Crippen LogP contribution in [0.25, 0.3) is 10.9 Å². The van der Waals surface area contributed by atoms with Crippen molar-refractivity contribution < 1.29 is 22.7 Å². The molecule has 0 aliphatic carbocycles. The highest BCUT2D eigenvalue weighted by atomic mass is 32.2. The summed E-state index contributed by atoms with van der Waals surface area (Å²) in [7, 11) is -1.89. The predicted octanol–water partition coefficient (Wildman–Crippen LogP) is 0.602. The number of ether oxygens (including phenoxy) is 1. The van der Waals surface area contributed by atoms with Gasteiger partial charge < -0.3 is 14.3 Å². The molecule has 1 saturated heterocycles. The molecule has 3 N–H and O–H groups in total. The number of para-hydroxylation sites is 1. The Morgan fingerprint density at radius 2 is 1.80 bits per heavy atom. The lowest BCUT2D eigenvalue weighted by Gasteiger charge is -2.25. The molecule has 4 rings (SSSR count). The van der Waals surface area contributed by atoms with E-state index in [9.17, 15) is 18.0 Å². The van der Waals surface area contributed by atoms with E-state index in [1.54, 1.807) is 6.20 Å². The van der Waals surface area contributed by atoms with E-state index in [0.717, 1.165) is 10.9 Å². The summed E-state index contributed by atoms with van der Waals surface area (Å²) in [5.41, 5.74) is 5.99. The first-order chi connectivity index (χ1) is 14.4. The zero-order chi connectivity index (χ0) is 21.3. The molecule has 0 atom stereocenters. The van der Waals surface area contributed by atoms with E-state index in [1.165, 1.54) is 16.6 Å². The number of benzene rings is 1. The van der Waals surface area contributed by atoms with Crippen LogP contribution in [0.2, 0.25) is 0 Å². The first kappa shape index (κ1) is 20.1. The van der Waals surface area contributed by atoms with Gasteiger partial charge in [0.1, 0.15) is 10.6 Å². The number of aromatic nitrogens is 2. The number of aryl methyl sites for hydroxylation is 1. The molecule has 1 fully saturated rings. The van der Waals surface area contributed by atoms with Crippen molar-refractivity contribution in [1.82, 2.24) is 24.7 Å². The van der Waals surface area contributed by atoms with Gasteiger partial charge in [-0.2, -0.15) is 4.31 Å². The number of carbonyl (C=O) groups excluding carboxylic acids is 2. The molecular weight excluding hydrogens is 410 g/mol. The molecule has 2 aromatic heterocycles.